The van der Waals surface area contributed by atoms with Crippen molar-refractivity contribution in [2.24, 2.45) is 53.3 Å². The summed E-state index contributed by atoms with van der Waals surface area (Å²) in [5.41, 5.74) is 1.98. The zero-order chi connectivity index (χ0) is 107. The monoisotopic (exact) mass is 2090 g/mol. The number of carbonyl (C=O) groups excluding carboxylic acids is 14. The quantitative estimate of drug-likeness (QED) is 0.0322. The normalized spacial score (nSPS) is 23.0. The van der Waals surface area contributed by atoms with Crippen molar-refractivity contribution in [1.82, 2.24) is 85.5 Å². The number of unbranched alkanes of at least 4 members (excludes halogenated alkanes) is 2. The highest BCUT2D eigenvalue weighted by Crippen LogP contribution is 2.44. The Hall–Kier alpha value is -10.4. The molecule has 4 saturated heterocycles. The lowest BCUT2D eigenvalue weighted by Crippen LogP contribution is -2.61. The minimum absolute atomic E-state index is 0.0195. The number of hydrogen-bond donors (Lipinski definition) is 6. The van der Waals surface area contributed by atoms with Crippen molar-refractivity contribution in [2.75, 3.05) is 128 Å². The number of nitrogens with one attached hydrogen (secondary N) is 6. The van der Waals surface area contributed by atoms with Crippen molar-refractivity contribution in [3.63, 3.8) is 0 Å². The lowest BCUT2D eigenvalue weighted by Gasteiger charge is -2.44. The topological polar surface area (TPSA) is 467 Å². The Morgan fingerprint density at radius 3 is 1.51 bits per heavy atom. The van der Waals surface area contributed by atoms with Gasteiger partial charge in [-0.05, 0) is 157 Å². The second-order valence-electron chi connectivity index (χ2n) is 42.4. The van der Waals surface area contributed by atoms with E-state index in [0.29, 0.717) is 83.5 Å². The van der Waals surface area contributed by atoms with Gasteiger partial charge in [-0.3, -0.25) is 91.4 Å². The first-order valence-electron chi connectivity index (χ1n) is 53.2. The average Bonchev–Trinajstić information content (AvgIpc) is 1.62. The first-order valence-corrected chi connectivity index (χ1v) is 54.8. The Morgan fingerprint density at radius 1 is 0.520 bits per heavy atom. The van der Waals surface area contributed by atoms with Crippen LogP contribution in [0.25, 0.3) is 0 Å². The van der Waals surface area contributed by atoms with E-state index >= 15 is 24.0 Å². The molecule has 6 N–H and O–H groups in total. The van der Waals surface area contributed by atoms with Crippen molar-refractivity contribution in [2.45, 2.75) is 301 Å². The number of carbonyl (C=O) groups is 14. The lowest BCUT2D eigenvalue weighted by molar-refractivity contribution is -0.149. The van der Waals surface area contributed by atoms with Crippen molar-refractivity contribution in [1.29, 1.82) is 0 Å². The fourth-order valence-electron chi connectivity index (χ4n) is 23.7. The number of methoxy groups -OCH3 is 4. The van der Waals surface area contributed by atoms with Crippen molar-refractivity contribution in [3.8, 4) is 0 Å². The highest BCUT2D eigenvalue weighted by Gasteiger charge is 2.53. The van der Waals surface area contributed by atoms with Gasteiger partial charge in [0.25, 0.3) is 23.6 Å². The third kappa shape index (κ3) is 31.0. The molecule has 8 aliphatic rings. The van der Waals surface area contributed by atoms with Crippen LogP contribution in [-0.2, 0) is 136 Å². The number of nitrogens with zero attached hydrogens (tertiary/aromatic N) is 11. The van der Waals surface area contributed by atoms with Gasteiger partial charge >= 0.3 is 0 Å². The maximum Gasteiger partial charge on any atom is 0.253 e. The summed E-state index contributed by atoms with van der Waals surface area (Å²) in [5.74, 6) is -10.5. The standard InChI is InChI=1S/C107H163N17O23S/c1-18-67(4)95(84(141-14)61-91(130)121-47-28-34-82(121)99(143-16)71(8)101(132)109-77(57-73-30-22-19-23-31-73)65-148(139,140)114-86(125)36-26-21-27-46-123-87(126)41-42-88(123)127)118(12)107(138)94(112-105(136)98-76-38-40-80(60-76)117(98)11)69(6)56-68(5)70(7)96(119(13)106(137)93(66(2)3)111-104(135)97-75-37-39-79(59-75)116(97)10)85(142-15)62-92(131)122-48-29-35-83(122)100(144-17)72(9)102(133)110-81(58-74-32-24-20-25-33-74)103(134)108-45-50-145-52-54-147-55-53-146-51-49-120-63-78(113-115-120)64-124-89(128)43-44-90(124)129/h19-20,22-25,30-33,41-44,63,66-72,75-77,79-85,93-100H,18,21,26-29,34-40,45-62,64-65H2,1-17H3,(H,108,134)(H,109,132)(H,110,133)(H,111,135)(H,112,136)(H,114,125)/t67-,68?,69?,70-,71+,72+,75-,76-,77-,79+,80+,81-,82-,83-,84+,85+,93-,94-,95-,96-,97?,98-,99+,100+/m0/s1. The molecule has 11 rings (SSSR count). The number of piperidine rings is 2. The van der Waals surface area contributed by atoms with Crippen molar-refractivity contribution in [3.05, 3.63) is 108 Å². The number of fused-ring (bicyclic) bond motifs is 4. The summed E-state index contributed by atoms with van der Waals surface area (Å²) in [7, 11) is 8.89. The molecule has 820 valence electrons. The van der Waals surface area contributed by atoms with Gasteiger partial charge in [0.2, 0.25) is 69.1 Å². The molecular formula is C107H163N17O23S. The summed E-state index contributed by atoms with van der Waals surface area (Å²) >= 11 is 0. The molecule has 24 atom stereocenters. The number of ether oxygens (including phenoxy) is 7. The van der Waals surface area contributed by atoms with Crippen molar-refractivity contribution >= 4 is 92.7 Å². The average molecular weight is 2090 g/mol. The van der Waals surface area contributed by atoms with Crippen LogP contribution in [0.15, 0.2) is 91.2 Å². The molecule has 6 aliphatic heterocycles. The minimum Gasteiger partial charge on any atom is -0.379 e. The van der Waals surface area contributed by atoms with Gasteiger partial charge in [-0.25, -0.2) is 13.1 Å². The van der Waals surface area contributed by atoms with E-state index in [1.165, 1.54) is 52.7 Å². The van der Waals surface area contributed by atoms with Gasteiger partial charge in [0.15, 0.2) is 0 Å². The van der Waals surface area contributed by atoms with Crippen LogP contribution in [0, 0.1) is 53.3 Å². The number of sulfonamides is 1. The summed E-state index contributed by atoms with van der Waals surface area (Å²) in [5, 5.41) is 23.5. The van der Waals surface area contributed by atoms with Gasteiger partial charge in [-0.1, -0.05) is 141 Å². The second-order valence-corrected chi connectivity index (χ2v) is 44.1. The molecule has 40 nitrogen and oxygen atoms in total. The largest absolute Gasteiger partial charge is 0.379 e. The molecule has 148 heavy (non-hydrogen) atoms. The summed E-state index contributed by atoms with van der Waals surface area (Å²) in [6.45, 7) is 19.9. The van der Waals surface area contributed by atoms with Crippen LogP contribution in [0.3, 0.4) is 0 Å². The number of rotatable bonds is 62. The molecule has 2 saturated carbocycles. The molecule has 4 bridgehead atoms. The third-order valence-corrected chi connectivity index (χ3v) is 33.6. The number of aromatic nitrogens is 3. The lowest BCUT2D eigenvalue weighted by atomic mass is 9.77. The minimum atomic E-state index is -4.35. The predicted molar refractivity (Wildman–Crippen MR) is 550 cm³/mol. The smallest absolute Gasteiger partial charge is 0.253 e. The highest BCUT2D eigenvalue weighted by atomic mass is 32.2. The summed E-state index contributed by atoms with van der Waals surface area (Å²) in [6, 6.07) is 10.6. The van der Waals surface area contributed by atoms with Crippen LogP contribution in [0.5, 0.6) is 0 Å². The zero-order valence-electron chi connectivity index (χ0n) is 89.6. The second kappa shape index (κ2) is 56.1. The van der Waals surface area contributed by atoms with E-state index in [0.717, 1.165) is 59.5 Å². The molecule has 3 aromatic rings. The van der Waals surface area contributed by atoms with Crippen LogP contribution in [0.1, 0.15) is 195 Å². The molecule has 41 heteroatoms. The third-order valence-electron chi connectivity index (χ3n) is 32.2. The number of imide groups is 2. The number of likely N-dealkylation sites (N-methyl/N-ethyl adjacent to an activating group) is 4. The molecule has 7 heterocycles. The molecule has 0 radical (unpaired) electrons. The van der Waals surface area contributed by atoms with E-state index < -0.39 is 195 Å². The Morgan fingerprint density at radius 2 is 1.01 bits per heavy atom. The Balaban J connectivity index is 0.759. The fraction of sp³-hybridized carbons (Fsp3) is 0.701. The molecular weight excluding hydrogens is 1920 g/mol. The molecule has 1 aromatic heterocycles. The molecule has 3 unspecified atom stereocenters. The van der Waals surface area contributed by atoms with E-state index in [-0.39, 0.29) is 144 Å². The van der Waals surface area contributed by atoms with E-state index in [1.54, 1.807) is 82.7 Å². The van der Waals surface area contributed by atoms with Crippen molar-refractivity contribution < 1.29 is 109 Å². The first kappa shape index (κ1) is 118. The summed E-state index contributed by atoms with van der Waals surface area (Å²) < 4.78 is 74.0. The van der Waals surface area contributed by atoms with Gasteiger partial charge in [0, 0.05) is 124 Å². The van der Waals surface area contributed by atoms with Gasteiger partial charge in [0.05, 0.1) is 150 Å². The Labute approximate surface area is 872 Å². The summed E-state index contributed by atoms with van der Waals surface area (Å²) in [6.07, 6.45) is 11.8. The Bertz CT molecular complexity index is 5110. The maximum absolute atomic E-state index is 16.4. The van der Waals surface area contributed by atoms with Crippen LogP contribution >= 0.6 is 0 Å². The van der Waals surface area contributed by atoms with Crippen LogP contribution in [0.4, 0.5) is 0 Å². The number of amides is 14. The number of benzene rings is 2. The highest BCUT2D eigenvalue weighted by molar-refractivity contribution is 7.90. The van der Waals surface area contributed by atoms with Gasteiger partial charge in [-0.2, -0.15) is 0 Å². The van der Waals surface area contributed by atoms with Gasteiger partial charge in [0.1, 0.15) is 23.8 Å². The molecule has 2 aromatic carbocycles. The van der Waals surface area contributed by atoms with E-state index in [9.17, 15) is 51.6 Å². The number of likely N-dealkylation sites (tertiary alicyclic amines) is 4. The van der Waals surface area contributed by atoms with E-state index in [2.05, 4.69) is 51.4 Å². The first-order chi connectivity index (χ1) is 70.7. The van der Waals surface area contributed by atoms with E-state index in [1.807, 2.05) is 99.0 Å². The molecule has 14 amide bonds. The maximum atomic E-state index is 16.4. The molecule has 0 spiro atoms. The van der Waals surface area contributed by atoms with Gasteiger partial charge < -0.3 is 79.3 Å². The summed E-state index contributed by atoms with van der Waals surface area (Å²) in [4.78, 5) is 211. The van der Waals surface area contributed by atoms with Crippen LogP contribution in [-0.4, -0.2) is 370 Å². The van der Waals surface area contributed by atoms with Crippen LogP contribution < -0.4 is 31.3 Å². The SMILES string of the molecule is CC[C@H](C)[C@@H]([C@@H](CC(=O)N1CCC[C@H]1[C@H](OC)[C@@H](C)C(=O)N[C@@H](Cc1ccccc1)CS(=O)(=O)NC(=O)CCCCCN1C(=O)C=CC1=O)OC)N(C)C(=O)[C@@H](NC(=O)[C@@H]1[C@H]2CC[C@H](C2)N1C)C(C)CC(C)[C@H](C)[C@@H]([C@@H](CC(=O)N1CCC[C@H]1[C@H](OC)[C@@H](C)C(=O)N[C@@H](Cc1ccccc1)C(=O)NCCOCCOCCOCCn1cc(CN2C(=O)C=CC2=O)nn1)OC)N(C)C(=O)[C@@H](NC(=O)C1[C@H]2CC[C@H](C2)N1C)C(C)C. The van der Waals surface area contributed by atoms with Crippen LogP contribution in [0.2, 0.25) is 0 Å². The van der Waals surface area contributed by atoms with E-state index in [4.69, 9.17) is 33.2 Å². The number of hydrogen-bond acceptors (Lipinski definition) is 27. The fourth-order valence-corrected chi connectivity index (χ4v) is 24.9. The molecule has 6 fully saturated rings. The predicted octanol–water partition coefficient (Wildman–Crippen LogP) is 4.94. The van der Waals surface area contributed by atoms with Gasteiger partial charge in [-0.15, -0.1) is 5.10 Å². The molecule has 2 aliphatic carbocycles. The Kier molecular flexibility index (Phi) is 44.7. The zero-order valence-corrected chi connectivity index (χ0v) is 90.5.